The van der Waals surface area contributed by atoms with Crippen LogP contribution in [0.25, 0.3) is 0 Å². The highest BCUT2D eigenvalue weighted by molar-refractivity contribution is 14.1. The SMILES string of the molecule is COC(=O)c1cnc(Cl)c(Cl)c1Cc1ccc(I)cc1F. The van der Waals surface area contributed by atoms with Gasteiger partial charge in [0.1, 0.15) is 11.0 Å². The second kappa shape index (κ2) is 6.89. The van der Waals surface area contributed by atoms with Gasteiger partial charge in [0.05, 0.1) is 17.7 Å². The molecule has 1 aromatic heterocycles. The minimum Gasteiger partial charge on any atom is -0.465 e. The van der Waals surface area contributed by atoms with Crippen molar-refractivity contribution in [1.29, 1.82) is 0 Å². The van der Waals surface area contributed by atoms with E-state index in [0.717, 1.165) is 3.57 Å². The van der Waals surface area contributed by atoms with Crippen LogP contribution in [0.4, 0.5) is 4.39 Å². The number of carbonyl (C=O) groups excluding carboxylic acids is 1. The Morgan fingerprint density at radius 2 is 2.14 bits per heavy atom. The molecule has 7 heteroatoms. The number of hydrogen-bond donors (Lipinski definition) is 0. The zero-order valence-electron chi connectivity index (χ0n) is 10.8. The summed E-state index contributed by atoms with van der Waals surface area (Å²) in [6.07, 6.45) is 1.40. The molecule has 1 heterocycles. The fraction of sp³-hybridized carbons (Fsp3) is 0.143. The fourth-order valence-electron chi connectivity index (χ4n) is 1.81. The van der Waals surface area contributed by atoms with Crippen LogP contribution in [0.3, 0.4) is 0 Å². The first-order chi connectivity index (χ1) is 9.93. The lowest BCUT2D eigenvalue weighted by Gasteiger charge is -2.11. The molecule has 2 aromatic rings. The van der Waals surface area contributed by atoms with E-state index in [4.69, 9.17) is 23.2 Å². The Labute approximate surface area is 144 Å². The number of rotatable bonds is 3. The first-order valence-corrected chi connectivity index (χ1v) is 7.62. The van der Waals surface area contributed by atoms with Crippen molar-refractivity contribution in [3.8, 4) is 0 Å². The normalized spacial score (nSPS) is 10.5. The second-order valence-corrected chi connectivity index (χ2v) is 6.14. The van der Waals surface area contributed by atoms with Crippen LogP contribution < -0.4 is 0 Å². The van der Waals surface area contributed by atoms with Crippen LogP contribution in [0, 0.1) is 9.39 Å². The summed E-state index contributed by atoms with van der Waals surface area (Å²) in [5, 5.41) is 0.183. The highest BCUT2D eigenvalue weighted by Crippen LogP contribution is 2.30. The molecular formula is C14H9Cl2FINO2. The van der Waals surface area contributed by atoms with Gasteiger partial charge in [-0.3, -0.25) is 0 Å². The summed E-state index contributed by atoms with van der Waals surface area (Å²) in [4.78, 5) is 15.6. The smallest absolute Gasteiger partial charge is 0.339 e. The maximum absolute atomic E-state index is 14.0. The van der Waals surface area contributed by atoms with Gasteiger partial charge in [-0.1, -0.05) is 29.3 Å². The summed E-state index contributed by atoms with van der Waals surface area (Å²) in [5.41, 5.74) is 0.971. The van der Waals surface area contributed by atoms with Crippen molar-refractivity contribution in [2.75, 3.05) is 7.11 Å². The maximum atomic E-state index is 14.0. The van der Waals surface area contributed by atoms with Crippen molar-refractivity contribution in [1.82, 2.24) is 4.98 Å². The van der Waals surface area contributed by atoms with Gasteiger partial charge in [0, 0.05) is 16.2 Å². The third-order valence-electron chi connectivity index (χ3n) is 2.87. The molecule has 0 atom stereocenters. The number of nitrogens with zero attached hydrogens (tertiary/aromatic N) is 1. The van der Waals surface area contributed by atoms with Crippen molar-refractivity contribution < 1.29 is 13.9 Å². The number of methoxy groups -OCH3 is 1. The predicted octanol–water partition coefficient (Wildman–Crippen LogP) is 4.51. The maximum Gasteiger partial charge on any atom is 0.339 e. The lowest BCUT2D eigenvalue weighted by molar-refractivity contribution is 0.0599. The van der Waals surface area contributed by atoms with E-state index in [-0.39, 0.29) is 28.0 Å². The number of esters is 1. The van der Waals surface area contributed by atoms with Gasteiger partial charge >= 0.3 is 5.97 Å². The third-order valence-corrected chi connectivity index (χ3v) is 4.33. The van der Waals surface area contributed by atoms with Gasteiger partial charge in [0.2, 0.25) is 0 Å². The molecule has 0 fully saturated rings. The summed E-state index contributed by atoms with van der Waals surface area (Å²) < 4.78 is 19.4. The van der Waals surface area contributed by atoms with Gasteiger partial charge in [-0.2, -0.15) is 0 Å². The van der Waals surface area contributed by atoms with Crippen LogP contribution in [0.1, 0.15) is 21.5 Å². The van der Waals surface area contributed by atoms with E-state index < -0.39 is 5.97 Å². The number of pyridine rings is 1. The number of carbonyl (C=O) groups is 1. The largest absolute Gasteiger partial charge is 0.465 e. The molecule has 0 unspecified atom stereocenters. The molecule has 0 spiro atoms. The lowest BCUT2D eigenvalue weighted by atomic mass is 10.0. The van der Waals surface area contributed by atoms with Crippen LogP contribution in [-0.4, -0.2) is 18.1 Å². The molecule has 0 saturated heterocycles. The Morgan fingerprint density at radius 3 is 2.76 bits per heavy atom. The second-order valence-electron chi connectivity index (χ2n) is 4.16. The van der Waals surface area contributed by atoms with Crippen LogP contribution in [0.5, 0.6) is 0 Å². The van der Waals surface area contributed by atoms with Crippen molar-refractivity contribution in [2.45, 2.75) is 6.42 Å². The molecule has 1 aromatic carbocycles. The minimum atomic E-state index is -0.595. The third kappa shape index (κ3) is 3.64. The monoisotopic (exact) mass is 439 g/mol. The van der Waals surface area contributed by atoms with Gasteiger partial charge in [-0.25, -0.2) is 14.2 Å². The van der Waals surface area contributed by atoms with E-state index in [9.17, 15) is 9.18 Å². The van der Waals surface area contributed by atoms with E-state index in [1.807, 2.05) is 22.6 Å². The number of ether oxygens (including phenoxy) is 1. The van der Waals surface area contributed by atoms with Gasteiger partial charge in [0.25, 0.3) is 0 Å². The number of benzene rings is 1. The molecule has 21 heavy (non-hydrogen) atoms. The van der Waals surface area contributed by atoms with Crippen molar-refractivity contribution in [2.24, 2.45) is 0 Å². The molecule has 3 nitrogen and oxygen atoms in total. The molecule has 0 bridgehead atoms. The summed E-state index contributed by atoms with van der Waals surface area (Å²) in [6.45, 7) is 0. The predicted molar refractivity (Wildman–Crippen MR) is 87.5 cm³/mol. The van der Waals surface area contributed by atoms with E-state index in [2.05, 4.69) is 9.72 Å². The summed E-state index contributed by atoms with van der Waals surface area (Å²) in [6, 6.07) is 4.82. The van der Waals surface area contributed by atoms with Crippen LogP contribution in [0.2, 0.25) is 10.2 Å². The van der Waals surface area contributed by atoms with Crippen molar-refractivity contribution >= 4 is 51.8 Å². The molecular weight excluding hydrogens is 431 g/mol. The van der Waals surface area contributed by atoms with Gasteiger partial charge < -0.3 is 4.74 Å². The Hall–Kier alpha value is -0.920. The molecule has 0 radical (unpaired) electrons. The van der Waals surface area contributed by atoms with E-state index in [0.29, 0.717) is 11.1 Å². The number of halogens is 4. The average molecular weight is 440 g/mol. The lowest BCUT2D eigenvalue weighted by Crippen LogP contribution is -2.09. The summed E-state index contributed by atoms with van der Waals surface area (Å²) >= 11 is 14.0. The van der Waals surface area contributed by atoms with Crippen molar-refractivity contribution in [3.63, 3.8) is 0 Å². The zero-order chi connectivity index (χ0) is 15.6. The first-order valence-electron chi connectivity index (χ1n) is 5.79. The fourth-order valence-corrected chi connectivity index (χ4v) is 2.65. The molecule has 2 rings (SSSR count). The van der Waals surface area contributed by atoms with Gasteiger partial charge in [-0.05, 0) is 45.9 Å². The molecule has 0 aliphatic heterocycles. The zero-order valence-corrected chi connectivity index (χ0v) is 14.5. The van der Waals surface area contributed by atoms with E-state index in [1.165, 1.54) is 19.4 Å². The number of hydrogen-bond acceptors (Lipinski definition) is 3. The van der Waals surface area contributed by atoms with Gasteiger partial charge in [0.15, 0.2) is 0 Å². The standard InChI is InChI=1S/C14H9Cl2FINO2/c1-21-14(20)10-6-19-13(16)12(15)9(10)4-7-2-3-8(18)5-11(7)17/h2-3,5-6H,4H2,1H3. The molecule has 0 aliphatic carbocycles. The summed E-state index contributed by atoms with van der Waals surface area (Å²) in [5.74, 6) is -0.969. The van der Waals surface area contributed by atoms with Crippen LogP contribution in [0.15, 0.2) is 24.4 Å². The Kier molecular flexibility index (Phi) is 5.40. The average Bonchev–Trinajstić information content (AvgIpc) is 2.45. The first kappa shape index (κ1) is 16.5. The highest BCUT2D eigenvalue weighted by atomic mass is 127. The highest BCUT2D eigenvalue weighted by Gasteiger charge is 2.19. The van der Waals surface area contributed by atoms with Crippen molar-refractivity contribution in [3.05, 3.63) is 60.6 Å². The summed E-state index contributed by atoms with van der Waals surface area (Å²) in [7, 11) is 1.25. The van der Waals surface area contributed by atoms with Gasteiger partial charge in [-0.15, -0.1) is 0 Å². The molecule has 110 valence electrons. The molecule has 0 saturated carbocycles. The quantitative estimate of drug-likeness (QED) is 0.401. The topological polar surface area (TPSA) is 39.2 Å². The van der Waals surface area contributed by atoms with E-state index >= 15 is 0 Å². The molecule has 0 N–H and O–H groups in total. The van der Waals surface area contributed by atoms with Crippen LogP contribution >= 0.6 is 45.8 Å². The van der Waals surface area contributed by atoms with E-state index in [1.54, 1.807) is 12.1 Å². The Bertz CT molecular complexity index is 710. The molecule has 0 aliphatic rings. The number of aromatic nitrogens is 1. The molecule has 0 amide bonds. The Morgan fingerprint density at radius 1 is 1.43 bits per heavy atom. The Balaban J connectivity index is 2.51. The van der Waals surface area contributed by atoms with Crippen LogP contribution in [-0.2, 0) is 11.2 Å². The minimum absolute atomic E-state index is 0.0604.